The minimum Gasteiger partial charge on any atom is -0.374 e. The summed E-state index contributed by atoms with van der Waals surface area (Å²) in [5, 5.41) is 0. The second kappa shape index (κ2) is 15.3. The molecule has 0 aromatic rings. The summed E-state index contributed by atoms with van der Waals surface area (Å²) in [5.74, 6) is 3.08. The van der Waals surface area contributed by atoms with E-state index in [1.54, 1.807) is 0 Å². The van der Waals surface area contributed by atoms with E-state index in [1.807, 2.05) is 0 Å². The molecule has 1 heteroatoms. The fourth-order valence-electron chi connectivity index (χ4n) is 5.38. The standard InChI is InChI=1S/C27H48O/c1-3-5-7-9-11-13-23-28-27-21-19-26(20-22-27)25-17-15-24(16-18-25)14-12-10-8-6-4-2/h7,9,11,13,24-27H,3-6,8,10,12,14-23H2,1-2H3. The zero-order valence-electron chi connectivity index (χ0n) is 19.0. The first kappa shape index (κ1) is 23.7. The normalized spacial score (nSPS) is 29.1. The smallest absolute Gasteiger partial charge is 0.0654 e. The molecule has 0 spiro atoms. The van der Waals surface area contributed by atoms with Crippen LogP contribution in [0.25, 0.3) is 0 Å². The van der Waals surface area contributed by atoms with Gasteiger partial charge in [0.05, 0.1) is 12.7 Å². The van der Waals surface area contributed by atoms with Gasteiger partial charge in [0.2, 0.25) is 0 Å². The fraction of sp³-hybridized carbons (Fsp3) is 0.852. The average molecular weight is 389 g/mol. The minimum absolute atomic E-state index is 0.514. The number of unbranched alkanes of at least 4 members (excludes halogenated alkanes) is 5. The lowest BCUT2D eigenvalue weighted by molar-refractivity contribution is 0.0210. The highest BCUT2D eigenvalue weighted by atomic mass is 16.5. The Balaban J connectivity index is 1.51. The number of allylic oxidation sites excluding steroid dienone is 3. The van der Waals surface area contributed by atoms with E-state index in [2.05, 4.69) is 38.2 Å². The van der Waals surface area contributed by atoms with Crippen LogP contribution in [0.4, 0.5) is 0 Å². The molecule has 0 aromatic heterocycles. The first-order valence-corrected chi connectivity index (χ1v) is 12.8. The van der Waals surface area contributed by atoms with Crippen LogP contribution in [0.15, 0.2) is 24.3 Å². The van der Waals surface area contributed by atoms with Gasteiger partial charge in [-0.15, -0.1) is 0 Å². The maximum Gasteiger partial charge on any atom is 0.0654 e. The van der Waals surface area contributed by atoms with Crippen LogP contribution in [0.5, 0.6) is 0 Å². The highest BCUT2D eigenvalue weighted by Gasteiger charge is 2.30. The maximum absolute atomic E-state index is 6.09. The van der Waals surface area contributed by atoms with Crippen LogP contribution in [-0.2, 0) is 4.74 Å². The van der Waals surface area contributed by atoms with Crippen LogP contribution in [0.1, 0.15) is 117 Å². The third-order valence-corrected chi connectivity index (χ3v) is 7.26. The van der Waals surface area contributed by atoms with Crippen LogP contribution in [0.3, 0.4) is 0 Å². The summed E-state index contributed by atoms with van der Waals surface area (Å²) in [5.41, 5.74) is 0. The van der Waals surface area contributed by atoms with E-state index in [0.717, 1.165) is 24.4 Å². The highest BCUT2D eigenvalue weighted by molar-refractivity contribution is 5.02. The van der Waals surface area contributed by atoms with Gasteiger partial charge in [-0.3, -0.25) is 0 Å². The van der Waals surface area contributed by atoms with Gasteiger partial charge in [-0.05, 0) is 62.7 Å². The predicted molar refractivity (Wildman–Crippen MR) is 124 cm³/mol. The molecule has 0 amide bonds. The molecule has 28 heavy (non-hydrogen) atoms. The molecule has 2 aliphatic rings. The lowest BCUT2D eigenvalue weighted by atomic mass is 9.70. The molecule has 162 valence electrons. The van der Waals surface area contributed by atoms with Gasteiger partial charge in [-0.2, -0.15) is 0 Å². The predicted octanol–water partition coefficient (Wildman–Crippen LogP) is 8.64. The summed E-state index contributed by atoms with van der Waals surface area (Å²) in [6.07, 6.45) is 31.8. The molecule has 0 aromatic carbocycles. The van der Waals surface area contributed by atoms with Crippen LogP contribution >= 0.6 is 0 Å². The topological polar surface area (TPSA) is 9.23 Å². The molecule has 0 saturated heterocycles. The lowest BCUT2D eigenvalue weighted by Gasteiger charge is -2.37. The van der Waals surface area contributed by atoms with Gasteiger partial charge < -0.3 is 4.74 Å². The van der Waals surface area contributed by atoms with Crippen LogP contribution in [-0.4, -0.2) is 12.7 Å². The Bertz CT molecular complexity index is 408. The van der Waals surface area contributed by atoms with Crippen molar-refractivity contribution in [1.29, 1.82) is 0 Å². The van der Waals surface area contributed by atoms with Gasteiger partial charge >= 0.3 is 0 Å². The molecule has 0 N–H and O–H groups in total. The van der Waals surface area contributed by atoms with Crippen molar-refractivity contribution in [1.82, 2.24) is 0 Å². The molecule has 2 fully saturated rings. The molecule has 0 atom stereocenters. The van der Waals surface area contributed by atoms with E-state index in [1.165, 1.54) is 103 Å². The van der Waals surface area contributed by atoms with Crippen LogP contribution < -0.4 is 0 Å². The molecule has 0 bridgehead atoms. The quantitative estimate of drug-likeness (QED) is 0.226. The molecule has 2 rings (SSSR count). The highest BCUT2D eigenvalue weighted by Crippen LogP contribution is 2.41. The van der Waals surface area contributed by atoms with Crippen molar-refractivity contribution < 1.29 is 4.74 Å². The van der Waals surface area contributed by atoms with E-state index in [-0.39, 0.29) is 0 Å². The average Bonchev–Trinajstić information content (AvgIpc) is 2.74. The van der Waals surface area contributed by atoms with Crippen molar-refractivity contribution >= 4 is 0 Å². The molecule has 2 aliphatic carbocycles. The Morgan fingerprint density at radius 1 is 0.679 bits per heavy atom. The zero-order valence-corrected chi connectivity index (χ0v) is 19.0. The largest absolute Gasteiger partial charge is 0.374 e. The summed E-state index contributed by atoms with van der Waals surface area (Å²) in [4.78, 5) is 0. The van der Waals surface area contributed by atoms with Gasteiger partial charge in [0.1, 0.15) is 0 Å². The molecular weight excluding hydrogens is 340 g/mol. The monoisotopic (exact) mass is 388 g/mol. The molecule has 0 unspecified atom stereocenters. The maximum atomic E-state index is 6.09. The molecule has 0 heterocycles. The molecule has 2 saturated carbocycles. The van der Waals surface area contributed by atoms with Crippen molar-refractivity contribution in [3.05, 3.63) is 24.3 Å². The lowest BCUT2D eigenvalue weighted by Crippen LogP contribution is -2.28. The second-order valence-corrected chi connectivity index (χ2v) is 9.50. The number of ether oxygens (including phenoxy) is 1. The Hall–Kier alpha value is -0.560. The third-order valence-electron chi connectivity index (χ3n) is 7.26. The van der Waals surface area contributed by atoms with Crippen molar-refractivity contribution in [3.8, 4) is 0 Å². The van der Waals surface area contributed by atoms with E-state index in [4.69, 9.17) is 4.74 Å². The van der Waals surface area contributed by atoms with E-state index in [9.17, 15) is 0 Å². The van der Waals surface area contributed by atoms with Gasteiger partial charge in [0.25, 0.3) is 0 Å². The molecule has 0 radical (unpaired) electrons. The summed E-state index contributed by atoms with van der Waals surface area (Å²) in [7, 11) is 0. The number of hydrogen-bond donors (Lipinski definition) is 0. The van der Waals surface area contributed by atoms with E-state index < -0.39 is 0 Å². The summed E-state index contributed by atoms with van der Waals surface area (Å²) in [6, 6.07) is 0. The summed E-state index contributed by atoms with van der Waals surface area (Å²) >= 11 is 0. The first-order valence-electron chi connectivity index (χ1n) is 12.8. The van der Waals surface area contributed by atoms with Gasteiger partial charge in [0, 0.05) is 0 Å². The van der Waals surface area contributed by atoms with Crippen molar-refractivity contribution in [3.63, 3.8) is 0 Å². The molecule has 0 aliphatic heterocycles. The summed E-state index contributed by atoms with van der Waals surface area (Å²) in [6.45, 7) is 5.31. The molecule has 1 nitrogen and oxygen atoms in total. The second-order valence-electron chi connectivity index (χ2n) is 9.50. The Labute approximate surface area is 176 Å². The van der Waals surface area contributed by atoms with Crippen molar-refractivity contribution in [2.24, 2.45) is 17.8 Å². The van der Waals surface area contributed by atoms with E-state index >= 15 is 0 Å². The van der Waals surface area contributed by atoms with Crippen molar-refractivity contribution in [2.45, 2.75) is 123 Å². The van der Waals surface area contributed by atoms with Gasteiger partial charge in [0.15, 0.2) is 0 Å². The van der Waals surface area contributed by atoms with Gasteiger partial charge in [-0.25, -0.2) is 0 Å². The minimum atomic E-state index is 0.514. The van der Waals surface area contributed by atoms with Crippen LogP contribution in [0, 0.1) is 17.8 Å². The Kier molecular flexibility index (Phi) is 13.0. The SMILES string of the molecule is CCCC=CC=CCOC1CCC(C2CCC(CCCCCCC)CC2)CC1. The zero-order chi connectivity index (χ0) is 19.9. The van der Waals surface area contributed by atoms with E-state index in [0.29, 0.717) is 6.10 Å². The fourth-order valence-corrected chi connectivity index (χ4v) is 5.38. The summed E-state index contributed by atoms with van der Waals surface area (Å²) < 4.78 is 6.09. The third kappa shape index (κ3) is 9.77. The number of rotatable bonds is 13. The molecular formula is C27H48O. The first-order chi connectivity index (χ1) is 13.8. The van der Waals surface area contributed by atoms with Crippen LogP contribution in [0.2, 0.25) is 0 Å². The Morgan fingerprint density at radius 3 is 2.00 bits per heavy atom. The van der Waals surface area contributed by atoms with Gasteiger partial charge in [-0.1, -0.05) is 95.9 Å². The van der Waals surface area contributed by atoms with Crippen molar-refractivity contribution in [2.75, 3.05) is 6.61 Å². The Morgan fingerprint density at radius 2 is 1.32 bits per heavy atom. The number of hydrogen-bond acceptors (Lipinski definition) is 1.